The van der Waals surface area contributed by atoms with E-state index in [1.807, 2.05) is 42.5 Å². The van der Waals surface area contributed by atoms with Crippen LogP contribution in [0.4, 0.5) is 11.4 Å². The molecule has 0 saturated heterocycles. The molecule has 0 radical (unpaired) electrons. The van der Waals surface area contributed by atoms with E-state index in [0.717, 1.165) is 50.4 Å². The number of aromatic nitrogens is 3. The van der Waals surface area contributed by atoms with Crippen molar-refractivity contribution in [2.45, 2.75) is 26.8 Å². The SMILES string of the molecule is COc1ncccc1Nc1cc2nc3ccc(C)cc3n(-c3ccc(Cl)cc3)c-2cc1=NC(C)C. The summed E-state index contributed by atoms with van der Waals surface area (Å²) in [5, 5.41) is 4.99. The molecule has 176 valence electrons. The van der Waals surface area contributed by atoms with Gasteiger partial charge in [-0.05, 0) is 87.0 Å². The van der Waals surface area contributed by atoms with Crippen LogP contribution in [0.5, 0.6) is 5.88 Å². The number of methoxy groups -OCH3 is 1. The summed E-state index contributed by atoms with van der Waals surface area (Å²) in [7, 11) is 1.61. The van der Waals surface area contributed by atoms with Crippen LogP contribution in [-0.4, -0.2) is 27.7 Å². The van der Waals surface area contributed by atoms with E-state index in [4.69, 9.17) is 26.3 Å². The monoisotopic (exact) mass is 483 g/mol. The number of fused-ring (bicyclic) bond motifs is 2. The largest absolute Gasteiger partial charge is 0.480 e. The third kappa shape index (κ3) is 4.57. The zero-order valence-electron chi connectivity index (χ0n) is 20.1. The van der Waals surface area contributed by atoms with Gasteiger partial charge in [0.15, 0.2) is 0 Å². The fraction of sp³-hybridized carbons (Fsp3) is 0.179. The maximum absolute atomic E-state index is 6.21. The van der Waals surface area contributed by atoms with Gasteiger partial charge in [-0.1, -0.05) is 17.7 Å². The van der Waals surface area contributed by atoms with Gasteiger partial charge in [-0.25, -0.2) is 9.97 Å². The Morgan fingerprint density at radius 2 is 1.80 bits per heavy atom. The molecule has 2 aromatic carbocycles. The second kappa shape index (κ2) is 9.39. The Morgan fingerprint density at radius 3 is 2.54 bits per heavy atom. The minimum absolute atomic E-state index is 0.100. The van der Waals surface area contributed by atoms with Gasteiger partial charge in [-0.15, -0.1) is 0 Å². The van der Waals surface area contributed by atoms with Crippen molar-refractivity contribution in [3.05, 3.63) is 88.9 Å². The molecule has 3 aromatic rings. The number of halogens is 1. The Morgan fingerprint density at radius 1 is 1.00 bits per heavy atom. The molecule has 1 aliphatic heterocycles. The molecule has 0 saturated carbocycles. The summed E-state index contributed by atoms with van der Waals surface area (Å²) in [4.78, 5) is 14.2. The lowest BCUT2D eigenvalue weighted by Crippen LogP contribution is -2.16. The minimum atomic E-state index is 0.100. The van der Waals surface area contributed by atoms with Gasteiger partial charge in [0, 0.05) is 22.9 Å². The summed E-state index contributed by atoms with van der Waals surface area (Å²) in [6.45, 7) is 6.21. The molecular formula is C28H26ClN5O. The Balaban J connectivity index is 1.83. The van der Waals surface area contributed by atoms with Crippen LogP contribution in [0.1, 0.15) is 19.4 Å². The second-order valence-corrected chi connectivity index (χ2v) is 9.12. The number of nitrogens with zero attached hydrogens (tertiary/aromatic N) is 4. The first-order valence-corrected chi connectivity index (χ1v) is 11.8. The fourth-order valence-corrected chi connectivity index (χ4v) is 4.27. The Hall–Kier alpha value is -3.90. The number of rotatable bonds is 5. The van der Waals surface area contributed by atoms with Gasteiger partial charge >= 0.3 is 0 Å². The molecule has 1 N–H and O–H groups in total. The van der Waals surface area contributed by atoms with Crippen molar-refractivity contribution in [3.8, 4) is 23.0 Å². The molecule has 1 aromatic heterocycles. The van der Waals surface area contributed by atoms with Crippen molar-refractivity contribution < 1.29 is 4.74 Å². The van der Waals surface area contributed by atoms with E-state index < -0.39 is 0 Å². The van der Waals surface area contributed by atoms with Gasteiger partial charge in [0.05, 0.1) is 40.6 Å². The van der Waals surface area contributed by atoms with Gasteiger partial charge in [0.2, 0.25) is 5.88 Å². The van der Waals surface area contributed by atoms with E-state index in [1.165, 1.54) is 0 Å². The van der Waals surface area contributed by atoms with Crippen LogP contribution in [0, 0.1) is 6.92 Å². The fourth-order valence-electron chi connectivity index (χ4n) is 4.15. The maximum Gasteiger partial charge on any atom is 0.237 e. The summed E-state index contributed by atoms with van der Waals surface area (Å²) < 4.78 is 7.66. The van der Waals surface area contributed by atoms with E-state index in [2.05, 4.69) is 59.9 Å². The lowest BCUT2D eigenvalue weighted by atomic mass is 10.1. The quantitative estimate of drug-likeness (QED) is 0.288. The molecule has 0 unspecified atom stereocenters. The lowest BCUT2D eigenvalue weighted by Gasteiger charge is -2.21. The summed E-state index contributed by atoms with van der Waals surface area (Å²) in [6, 6.07) is 22.2. The molecule has 0 fully saturated rings. The summed E-state index contributed by atoms with van der Waals surface area (Å²) >= 11 is 6.21. The highest BCUT2D eigenvalue weighted by atomic mass is 35.5. The van der Waals surface area contributed by atoms with Crippen LogP contribution in [0.3, 0.4) is 0 Å². The summed E-state index contributed by atoms with van der Waals surface area (Å²) in [5.41, 5.74) is 7.47. The maximum atomic E-state index is 6.21. The van der Waals surface area contributed by atoms with Crippen LogP contribution in [0.15, 0.2) is 77.9 Å². The van der Waals surface area contributed by atoms with E-state index in [0.29, 0.717) is 10.9 Å². The smallest absolute Gasteiger partial charge is 0.237 e. The third-order valence-electron chi connectivity index (χ3n) is 5.66. The van der Waals surface area contributed by atoms with Gasteiger partial charge in [-0.2, -0.15) is 0 Å². The molecule has 5 rings (SSSR count). The minimum Gasteiger partial charge on any atom is -0.480 e. The Bertz CT molecular complexity index is 1560. The standard InChI is InChI=1S/C28H26ClN5O/c1-17(2)31-24-16-27-25(15-23(24)33-22-6-5-13-30-28(22)35-4)32-21-12-7-18(3)14-26(21)34(27)20-10-8-19(29)9-11-20/h5-17,33H,1-4H3. The highest BCUT2D eigenvalue weighted by Crippen LogP contribution is 2.32. The highest BCUT2D eigenvalue weighted by molar-refractivity contribution is 6.30. The highest BCUT2D eigenvalue weighted by Gasteiger charge is 2.18. The molecule has 6 nitrogen and oxygen atoms in total. The number of benzene rings is 3. The van der Waals surface area contributed by atoms with Gasteiger partial charge in [0.1, 0.15) is 5.69 Å². The van der Waals surface area contributed by atoms with Crippen molar-refractivity contribution in [2.75, 3.05) is 12.4 Å². The number of hydrogen-bond donors (Lipinski definition) is 1. The van der Waals surface area contributed by atoms with Crippen LogP contribution >= 0.6 is 11.6 Å². The average molecular weight is 484 g/mol. The lowest BCUT2D eigenvalue weighted by molar-refractivity contribution is 0.400. The molecule has 35 heavy (non-hydrogen) atoms. The molecule has 0 amide bonds. The van der Waals surface area contributed by atoms with Crippen LogP contribution in [0.2, 0.25) is 5.02 Å². The molecular weight excluding hydrogens is 458 g/mol. The first-order valence-electron chi connectivity index (χ1n) is 11.5. The first-order chi connectivity index (χ1) is 16.9. The third-order valence-corrected chi connectivity index (χ3v) is 5.91. The summed E-state index contributed by atoms with van der Waals surface area (Å²) in [5.74, 6) is 0.515. The van der Waals surface area contributed by atoms with E-state index in [-0.39, 0.29) is 6.04 Å². The van der Waals surface area contributed by atoms with Crippen molar-refractivity contribution in [2.24, 2.45) is 4.99 Å². The van der Waals surface area contributed by atoms with Crippen molar-refractivity contribution in [1.82, 2.24) is 14.5 Å². The molecule has 2 heterocycles. The predicted molar refractivity (Wildman–Crippen MR) is 142 cm³/mol. The molecule has 2 aliphatic rings. The topological polar surface area (TPSA) is 64.3 Å². The first kappa shape index (κ1) is 22.9. The zero-order chi connectivity index (χ0) is 24.5. The van der Waals surface area contributed by atoms with Gasteiger partial charge in [0.25, 0.3) is 0 Å². The van der Waals surface area contributed by atoms with Crippen molar-refractivity contribution in [1.29, 1.82) is 0 Å². The van der Waals surface area contributed by atoms with E-state index in [1.54, 1.807) is 13.3 Å². The number of hydrogen-bond acceptors (Lipinski definition) is 5. The van der Waals surface area contributed by atoms with Crippen molar-refractivity contribution >= 4 is 34.0 Å². The molecule has 1 aliphatic carbocycles. The van der Waals surface area contributed by atoms with Crippen molar-refractivity contribution in [3.63, 3.8) is 0 Å². The summed E-state index contributed by atoms with van der Waals surface area (Å²) in [6.07, 6.45) is 1.70. The second-order valence-electron chi connectivity index (χ2n) is 8.68. The zero-order valence-corrected chi connectivity index (χ0v) is 20.8. The number of ether oxygens (including phenoxy) is 1. The van der Waals surface area contributed by atoms with Crippen LogP contribution in [-0.2, 0) is 0 Å². The van der Waals surface area contributed by atoms with E-state index >= 15 is 0 Å². The Kier molecular flexibility index (Phi) is 6.14. The number of pyridine rings is 1. The number of aryl methyl sites for hydroxylation is 1. The van der Waals surface area contributed by atoms with Crippen LogP contribution in [0.25, 0.3) is 28.1 Å². The van der Waals surface area contributed by atoms with E-state index in [9.17, 15) is 0 Å². The Labute approximate surface area is 209 Å². The average Bonchev–Trinajstić information content (AvgIpc) is 2.84. The van der Waals surface area contributed by atoms with Gasteiger partial charge in [-0.3, -0.25) is 4.99 Å². The normalized spacial score (nSPS) is 12.0. The van der Waals surface area contributed by atoms with Crippen LogP contribution < -0.4 is 15.4 Å². The molecule has 0 spiro atoms. The predicted octanol–water partition coefficient (Wildman–Crippen LogP) is 6.55. The molecule has 0 atom stereocenters. The number of anilines is 2. The van der Waals surface area contributed by atoms with Gasteiger partial charge < -0.3 is 14.6 Å². The molecule has 0 bridgehead atoms. The molecule has 7 heteroatoms. The number of nitrogens with one attached hydrogen (secondary N) is 1.